The highest BCUT2D eigenvalue weighted by molar-refractivity contribution is 7.20. The van der Waals surface area contributed by atoms with Crippen molar-refractivity contribution in [2.45, 2.75) is 26.9 Å². The maximum Gasteiger partial charge on any atom is 0.415 e. The van der Waals surface area contributed by atoms with Crippen LogP contribution in [0.2, 0.25) is 0 Å². The van der Waals surface area contributed by atoms with Gasteiger partial charge in [0.1, 0.15) is 22.5 Å². The summed E-state index contributed by atoms with van der Waals surface area (Å²) in [6, 6.07) is 6.81. The molecule has 2 heterocycles. The second-order valence-electron chi connectivity index (χ2n) is 8.01. The lowest BCUT2D eigenvalue weighted by Gasteiger charge is -2.22. The number of benzene rings is 1. The predicted molar refractivity (Wildman–Crippen MR) is 135 cm³/mol. The number of nitrogen functional groups attached to an aromatic ring is 1. The zero-order valence-electron chi connectivity index (χ0n) is 20.5. The molecule has 3 rings (SSSR count). The van der Waals surface area contributed by atoms with E-state index in [2.05, 4.69) is 4.98 Å². The van der Waals surface area contributed by atoms with Gasteiger partial charge in [-0.2, -0.15) is 0 Å². The van der Waals surface area contributed by atoms with Crippen molar-refractivity contribution in [3.05, 3.63) is 64.9 Å². The van der Waals surface area contributed by atoms with Crippen molar-refractivity contribution < 1.29 is 27.8 Å². The van der Waals surface area contributed by atoms with E-state index >= 15 is 0 Å². The fourth-order valence-corrected chi connectivity index (χ4v) is 4.84. The van der Waals surface area contributed by atoms with Crippen molar-refractivity contribution in [2.24, 2.45) is 0 Å². The summed E-state index contributed by atoms with van der Waals surface area (Å²) in [5, 5.41) is 0.151. The number of nitrogens with zero attached hydrogens (tertiary/aromatic N) is 3. The molecule has 0 fully saturated rings. The average Bonchev–Trinajstić information content (AvgIpc) is 3.17. The Hall–Kier alpha value is -3.57. The Morgan fingerprint density at radius 3 is 2.22 bits per heavy atom. The third kappa shape index (κ3) is 5.97. The molecule has 0 saturated carbocycles. The number of halogens is 2. The molecule has 2 aromatic heterocycles. The maximum atomic E-state index is 14.6. The predicted octanol–water partition coefficient (Wildman–Crippen LogP) is 5.07. The first-order valence-corrected chi connectivity index (χ1v) is 12.1. The molecule has 0 aliphatic carbocycles. The highest BCUT2D eigenvalue weighted by Crippen LogP contribution is 2.44. The summed E-state index contributed by atoms with van der Waals surface area (Å²) in [5.74, 6) is -2.00. The molecular weight excluding hydrogens is 490 g/mol. The van der Waals surface area contributed by atoms with Crippen molar-refractivity contribution in [1.82, 2.24) is 9.88 Å². The van der Waals surface area contributed by atoms with Gasteiger partial charge in [0.25, 0.3) is 0 Å². The molecule has 11 heteroatoms. The Morgan fingerprint density at radius 2 is 1.67 bits per heavy atom. The van der Waals surface area contributed by atoms with E-state index in [9.17, 15) is 18.4 Å². The molecule has 3 aromatic rings. The van der Waals surface area contributed by atoms with Crippen molar-refractivity contribution in [2.75, 3.05) is 37.9 Å². The number of carbonyl (C=O) groups is 2. The van der Waals surface area contributed by atoms with E-state index in [0.29, 0.717) is 28.4 Å². The van der Waals surface area contributed by atoms with E-state index in [0.717, 1.165) is 28.4 Å². The number of pyridine rings is 1. The first kappa shape index (κ1) is 27.0. The molecule has 0 unspecified atom stereocenters. The topological polar surface area (TPSA) is 98.0 Å². The summed E-state index contributed by atoms with van der Waals surface area (Å²) < 4.78 is 39.7. The lowest BCUT2D eigenvalue weighted by molar-refractivity contribution is 0.0526. The van der Waals surface area contributed by atoms with Crippen LogP contribution in [0.4, 0.5) is 24.4 Å². The molecular formula is C25H28F2N4O4S. The largest absolute Gasteiger partial charge is 0.462 e. The molecule has 0 aliphatic rings. The Labute approximate surface area is 212 Å². The highest BCUT2D eigenvalue weighted by Gasteiger charge is 2.33. The van der Waals surface area contributed by atoms with Gasteiger partial charge >= 0.3 is 12.1 Å². The summed E-state index contributed by atoms with van der Waals surface area (Å²) in [4.78, 5) is 34.0. The Morgan fingerprint density at radius 1 is 1.00 bits per heavy atom. The van der Waals surface area contributed by atoms with Gasteiger partial charge in [-0.25, -0.2) is 23.4 Å². The number of anilines is 2. The van der Waals surface area contributed by atoms with Crippen LogP contribution in [0.5, 0.6) is 0 Å². The van der Waals surface area contributed by atoms with E-state index in [1.165, 1.54) is 6.07 Å². The molecule has 0 aliphatic heterocycles. The molecule has 0 saturated heterocycles. The number of aromatic nitrogens is 1. The molecule has 0 atom stereocenters. The molecule has 192 valence electrons. The second-order valence-corrected chi connectivity index (χ2v) is 9.00. The van der Waals surface area contributed by atoms with Crippen LogP contribution in [-0.4, -0.2) is 49.3 Å². The third-order valence-corrected chi connectivity index (χ3v) is 6.41. The van der Waals surface area contributed by atoms with Crippen molar-refractivity contribution >= 4 is 34.2 Å². The van der Waals surface area contributed by atoms with Crippen LogP contribution in [0.3, 0.4) is 0 Å². The number of rotatable bonds is 9. The minimum absolute atomic E-state index is 0.0223. The maximum absolute atomic E-state index is 14.6. The van der Waals surface area contributed by atoms with Crippen LogP contribution in [0.15, 0.2) is 36.5 Å². The molecule has 1 amide bonds. The second kappa shape index (κ2) is 11.9. The minimum atomic E-state index is -0.856. The van der Waals surface area contributed by atoms with Crippen LogP contribution < -0.4 is 10.6 Å². The lowest BCUT2D eigenvalue weighted by Crippen LogP contribution is -2.32. The van der Waals surface area contributed by atoms with Gasteiger partial charge in [0.2, 0.25) is 0 Å². The van der Waals surface area contributed by atoms with Gasteiger partial charge in [-0.05, 0) is 52.2 Å². The Balaban J connectivity index is 2.30. The van der Waals surface area contributed by atoms with Crippen LogP contribution in [0, 0.1) is 11.6 Å². The minimum Gasteiger partial charge on any atom is -0.462 e. The standard InChI is InChI=1S/C25H28F2N4O4S/c1-5-34-24(32)21-17(13-30(3)4)22(15-10-11-20(28)29-12-15)36-23(21)31(25(33)35-6-2)14-16-18(26)8-7-9-19(16)27/h7-12H,5-6,13-14H2,1-4H3,(H2,28,29). The van der Waals surface area contributed by atoms with E-state index in [-0.39, 0.29) is 29.3 Å². The van der Waals surface area contributed by atoms with Gasteiger partial charge in [0, 0.05) is 34.3 Å². The number of esters is 1. The fourth-order valence-electron chi connectivity index (χ4n) is 3.56. The molecule has 0 bridgehead atoms. The normalized spacial score (nSPS) is 11.0. The number of hydrogen-bond acceptors (Lipinski definition) is 8. The molecule has 0 radical (unpaired) electrons. The SMILES string of the molecule is CCOC(=O)c1c(N(Cc2c(F)cccc2F)C(=O)OCC)sc(-c2ccc(N)nc2)c1CN(C)C. The monoisotopic (exact) mass is 518 g/mol. The number of ether oxygens (including phenoxy) is 2. The molecule has 0 spiro atoms. The fraction of sp³-hybridized carbons (Fsp3) is 0.320. The first-order chi connectivity index (χ1) is 17.2. The van der Waals surface area contributed by atoms with E-state index < -0.39 is 30.2 Å². The number of carbonyl (C=O) groups excluding carboxylic acids is 2. The highest BCUT2D eigenvalue weighted by atomic mass is 32.1. The van der Waals surface area contributed by atoms with Crippen molar-refractivity contribution in [1.29, 1.82) is 0 Å². The first-order valence-electron chi connectivity index (χ1n) is 11.2. The number of thiophene rings is 1. The Bertz CT molecular complexity index is 1210. The smallest absolute Gasteiger partial charge is 0.415 e. The third-order valence-electron chi connectivity index (χ3n) is 5.10. The zero-order valence-corrected chi connectivity index (χ0v) is 21.3. The van der Waals surface area contributed by atoms with Crippen LogP contribution >= 0.6 is 11.3 Å². The molecule has 36 heavy (non-hydrogen) atoms. The zero-order chi connectivity index (χ0) is 26.4. The molecule has 2 N–H and O–H groups in total. The van der Waals surface area contributed by atoms with E-state index in [4.69, 9.17) is 15.2 Å². The summed E-state index contributed by atoms with van der Waals surface area (Å²) in [6.07, 6.45) is 0.704. The summed E-state index contributed by atoms with van der Waals surface area (Å²) >= 11 is 1.11. The van der Waals surface area contributed by atoms with Crippen LogP contribution in [-0.2, 0) is 22.6 Å². The van der Waals surface area contributed by atoms with Gasteiger partial charge in [0.05, 0.1) is 25.3 Å². The lowest BCUT2D eigenvalue weighted by atomic mass is 10.1. The van der Waals surface area contributed by atoms with Gasteiger partial charge in [-0.15, -0.1) is 11.3 Å². The van der Waals surface area contributed by atoms with Gasteiger partial charge in [-0.3, -0.25) is 4.90 Å². The number of nitrogens with two attached hydrogens (primary N) is 1. The van der Waals surface area contributed by atoms with Crippen molar-refractivity contribution in [3.8, 4) is 10.4 Å². The van der Waals surface area contributed by atoms with Gasteiger partial charge in [0.15, 0.2) is 0 Å². The van der Waals surface area contributed by atoms with Gasteiger partial charge < -0.3 is 20.1 Å². The number of amides is 1. The number of hydrogen-bond donors (Lipinski definition) is 1. The Kier molecular flexibility index (Phi) is 8.94. The quantitative estimate of drug-likeness (QED) is 0.395. The molecule has 1 aromatic carbocycles. The average molecular weight is 519 g/mol. The van der Waals surface area contributed by atoms with E-state index in [1.54, 1.807) is 32.2 Å². The van der Waals surface area contributed by atoms with Crippen LogP contribution in [0.1, 0.15) is 35.3 Å². The van der Waals surface area contributed by atoms with E-state index in [1.807, 2.05) is 19.0 Å². The summed E-state index contributed by atoms with van der Waals surface area (Å²) in [5.41, 5.74) is 6.77. The molecule has 8 nitrogen and oxygen atoms in total. The summed E-state index contributed by atoms with van der Waals surface area (Å²) in [6.45, 7) is 3.21. The van der Waals surface area contributed by atoms with Crippen molar-refractivity contribution in [3.63, 3.8) is 0 Å². The van der Waals surface area contributed by atoms with Crippen LogP contribution in [0.25, 0.3) is 10.4 Å². The summed E-state index contributed by atoms with van der Waals surface area (Å²) in [7, 11) is 3.66. The van der Waals surface area contributed by atoms with Gasteiger partial charge in [-0.1, -0.05) is 6.07 Å².